The average Bonchev–Trinajstić information content (AvgIpc) is 2.46. The monoisotopic (exact) mass is 301 g/mol. The van der Waals surface area contributed by atoms with Gasteiger partial charge in [0.25, 0.3) is 0 Å². The molecule has 1 aromatic carbocycles. The Morgan fingerprint density at radius 1 is 1.19 bits per heavy atom. The third kappa shape index (κ3) is 4.27. The minimum absolute atomic E-state index is 0.205. The Morgan fingerprint density at radius 3 is 2.38 bits per heavy atom. The van der Waals surface area contributed by atoms with Crippen molar-refractivity contribution in [3.05, 3.63) is 29.8 Å². The van der Waals surface area contributed by atoms with Gasteiger partial charge in [-0.3, -0.25) is 0 Å². The first kappa shape index (κ1) is 16.4. The zero-order chi connectivity index (χ0) is 15.5. The Balaban J connectivity index is 2.07. The molecule has 1 aliphatic rings. The molecule has 1 aromatic rings. The molecule has 0 radical (unpaired) electrons. The highest BCUT2D eigenvalue weighted by Gasteiger charge is 2.30. The van der Waals surface area contributed by atoms with Crippen molar-refractivity contribution in [2.45, 2.75) is 68.9 Å². The molecule has 3 unspecified atom stereocenters. The normalized spacial score (nSPS) is 26.3. The summed E-state index contributed by atoms with van der Waals surface area (Å²) >= 11 is 1.91. The number of nitriles is 1. The fourth-order valence-corrected chi connectivity index (χ4v) is 4.44. The van der Waals surface area contributed by atoms with E-state index in [9.17, 15) is 5.26 Å². The summed E-state index contributed by atoms with van der Waals surface area (Å²) in [5, 5.41) is 9.85. The van der Waals surface area contributed by atoms with Crippen LogP contribution in [0.25, 0.3) is 0 Å². The van der Waals surface area contributed by atoms with Gasteiger partial charge in [0.2, 0.25) is 0 Å². The van der Waals surface area contributed by atoms with E-state index in [0.29, 0.717) is 5.25 Å². The lowest BCUT2D eigenvalue weighted by Gasteiger charge is -2.32. The first-order chi connectivity index (χ1) is 9.94. The number of hydrogen-bond acceptors (Lipinski definition) is 2. The van der Waals surface area contributed by atoms with Crippen molar-refractivity contribution < 1.29 is 0 Å². The molecule has 0 aromatic heterocycles. The molecule has 0 amide bonds. The predicted molar refractivity (Wildman–Crippen MR) is 91.5 cm³/mol. The molecule has 1 saturated carbocycles. The summed E-state index contributed by atoms with van der Waals surface area (Å²) in [5.41, 5.74) is 1.58. The molecule has 0 bridgehead atoms. The Kier molecular flexibility index (Phi) is 5.38. The van der Waals surface area contributed by atoms with Crippen LogP contribution in [0.4, 0.5) is 0 Å². The lowest BCUT2D eigenvalue weighted by Crippen LogP contribution is -2.25. The molecule has 0 aliphatic heterocycles. The number of rotatable bonds is 3. The quantitative estimate of drug-likeness (QED) is 0.705. The van der Waals surface area contributed by atoms with Crippen molar-refractivity contribution in [3.63, 3.8) is 0 Å². The Labute approximate surface area is 134 Å². The third-order valence-electron chi connectivity index (χ3n) is 4.65. The maximum Gasteiger partial charge on any atom is 0.0667 e. The van der Waals surface area contributed by atoms with E-state index < -0.39 is 0 Å². The zero-order valence-corrected chi connectivity index (χ0v) is 14.5. The second kappa shape index (κ2) is 6.88. The summed E-state index contributed by atoms with van der Waals surface area (Å²) in [4.78, 5) is 1.31. The predicted octanol–water partition coefficient (Wildman–Crippen LogP) is 5.79. The fourth-order valence-electron chi connectivity index (χ4n) is 3.07. The molecule has 114 valence electrons. The van der Waals surface area contributed by atoms with Crippen molar-refractivity contribution in [1.82, 2.24) is 0 Å². The maximum atomic E-state index is 9.39. The fraction of sp³-hybridized carbons (Fsp3) is 0.632. The van der Waals surface area contributed by atoms with E-state index in [1.807, 2.05) is 11.8 Å². The van der Waals surface area contributed by atoms with Crippen LogP contribution in [0.5, 0.6) is 0 Å². The van der Waals surface area contributed by atoms with Gasteiger partial charge in [-0.25, -0.2) is 0 Å². The minimum atomic E-state index is 0.205. The van der Waals surface area contributed by atoms with E-state index in [1.54, 1.807) is 0 Å². The van der Waals surface area contributed by atoms with Gasteiger partial charge < -0.3 is 0 Å². The van der Waals surface area contributed by atoms with Gasteiger partial charge in [-0.1, -0.05) is 46.2 Å². The van der Waals surface area contributed by atoms with Crippen molar-refractivity contribution in [2.24, 2.45) is 11.8 Å². The van der Waals surface area contributed by atoms with Gasteiger partial charge in [0, 0.05) is 10.1 Å². The van der Waals surface area contributed by atoms with Gasteiger partial charge in [-0.2, -0.15) is 5.26 Å². The second-order valence-corrected chi connectivity index (χ2v) is 8.57. The van der Waals surface area contributed by atoms with E-state index in [0.717, 1.165) is 12.3 Å². The molecule has 21 heavy (non-hydrogen) atoms. The molecule has 1 fully saturated rings. The van der Waals surface area contributed by atoms with Gasteiger partial charge in [-0.15, -0.1) is 11.8 Å². The van der Waals surface area contributed by atoms with Gasteiger partial charge in [0.1, 0.15) is 0 Å². The SMILES string of the molecule is CCC1CCC(C#N)C(Sc2ccc(C(C)(C)C)cc2)C1. The van der Waals surface area contributed by atoms with Crippen molar-refractivity contribution >= 4 is 11.8 Å². The first-order valence-corrected chi connectivity index (χ1v) is 8.98. The topological polar surface area (TPSA) is 23.8 Å². The summed E-state index contributed by atoms with van der Waals surface area (Å²) in [7, 11) is 0. The average molecular weight is 301 g/mol. The summed E-state index contributed by atoms with van der Waals surface area (Å²) in [6.45, 7) is 9.01. The molecule has 1 nitrogen and oxygen atoms in total. The third-order valence-corrected chi connectivity index (χ3v) is 6.02. The minimum Gasteiger partial charge on any atom is -0.198 e. The van der Waals surface area contributed by atoms with E-state index in [4.69, 9.17) is 0 Å². The first-order valence-electron chi connectivity index (χ1n) is 8.11. The highest BCUT2D eigenvalue weighted by atomic mass is 32.2. The van der Waals surface area contributed by atoms with Crippen LogP contribution in [0.15, 0.2) is 29.2 Å². The standard InChI is InChI=1S/C19H27NS/c1-5-14-6-7-15(13-20)18(12-14)21-17-10-8-16(9-11-17)19(2,3)4/h8-11,14-15,18H,5-7,12H2,1-4H3. The van der Waals surface area contributed by atoms with Crippen LogP contribution in [-0.4, -0.2) is 5.25 Å². The van der Waals surface area contributed by atoms with Crippen LogP contribution in [0.2, 0.25) is 0 Å². The highest BCUT2D eigenvalue weighted by Crippen LogP contribution is 2.41. The molecule has 3 atom stereocenters. The molecular formula is C19H27NS. The molecule has 2 heteroatoms. The Hall–Kier alpha value is -0.940. The summed E-state index contributed by atoms with van der Waals surface area (Å²) in [5.74, 6) is 1.03. The molecule has 0 heterocycles. The largest absolute Gasteiger partial charge is 0.198 e. The Morgan fingerprint density at radius 2 is 1.86 bits per heavy atom. The molecule has 0 N–H and O–H groups in total. The lowest BCUT2D eigenvalue weighted by molar-refractivity contribution is 0.317. The smallest absolute Gasteiger partial charge is 0.0667 e. The van der Waals surface area contributed by atoms with Gasteiger partial charge in [0.05, 0.1) is 12.0 Å². The van der Waals surface area contributed by atoms with E-state index in [-0.39, 0.29) is 11.3 Å². The summed E-state index contributed by atoms with van der Waals surface area (Å²) in [6, 6.07) is 11.5. The van der Waals surface area contributed by atoms with Gasteiger partial charge >= 0.3 is 0 Å². The van der Waals surface area contributed by atoms with Crippen LogP contribution >= 0.6 is 11.8 Å². The summed E-state index contributed by atoms with van der Waals surface area (Å²) in [6.07, 6.45) is 4.75. The molecule has 1 aliphatic carbocycles. The van der Waals surface area contributed by atoms with Gasteiger partial charge in [-0.05, 0) is 48.3 Å². The molecule has 0 spiro atoms. The van der Waals surface area contributed by atoms with Crippen molar-refractivity contribution in [1.29, 1.82) is 5.26 Å². The van der Waals surface area contributed by atoms with Crippen LogP contribution in [0.3, 0.4) is 0 Å². The zero-order valence-electron chi connectivity index (χ0n) is 13.7. The number of hydrogen-bond donors (Lipinski definition) is 0. The molecular weight excluding hydrogens is 274 g/mol. The maximum absolute atomic E-state index is 9.39. The highest BCUT2D eigenvalue weighted by molar-refractivity contribution is 8.00. The second-order valence-electron chi connectivity index (χ2n) is 7.25. The van der Waals surface area contributed by atoms with E-state index in [1.165, 1.54) is 29.7 Å². The number of benzene rings is 1. The Bertz CT molecular complexity index is 492. The number of nitrogens with zero attached hydrogens (tertiary/aromatic N) is 1. The van der Waals surface area contributed by atoms with E-state index >= 15 is 0 Å². The molecule has 0 saturated heterocycles. The van der Waals surface area contributed by atoms with Crippen LogP contribution in [0, 0.1) is 23.2 Å². The van der Waals surface area contributed by atoms with Crippen LogP contribution in [-0.2, 0) is 5.41 Å². The summed E-state index contributed by atoms with van der Waals surface area (Å²) < 4.78 is 0. The molecule has 2 rings (SSSR count). The van der Waals surface area contributed by atoms with Crippen LogP contribution in [0.1, 0.15) is 58.9 Å². The van der Waals surface area contributed by atoms with Crippen LogP contribution < -0.4 is 0 Å². The number of thioether (sulfide) groups is 1. The van der Waals surface area contributed by atoms with Crippen molar-refractivity contribution in [3.8, 4) is 6.07 Å². The lowest BCUT2D eigenvalue weighted by atomic mass is 9.81. The van der Waals surface area contributed by atoms with Gasteiger partial charge in [0.15, 0.2) is 0 Å². The van der Waals surface area contributed by atoms with E-state index in [2.05, 4.69) is 58.0 Å². The van der Waals surface area contributed by atoms with Crippen molar-refractivity contribution in [2.75, 3.05) is 0 Å².